The molecule has 10 nitrogen and oxygen atoms in total. The maximum Gasteiger partial charge on any atom is 0.257 e. The molecule has 1 aliphatic heterocycles. The number of carbonyl (C=O) groups is 1. The first kappa shape index (κ1) is 26.0. The Morgan fingerprint density at radius 2 is 1.84 bits per heavy atom. The molecule has 11 heteroatoms. The van der Waals surface area contributed by atoms with Crippen molar-refractivity contribution in [2.45, 2.75) is 37.2 Å². The fraction of sp³-hybridized carbons (Fsp3) is 0.296. The quantitative estimate of drug-likeness (QED) is 0.325. The first-order chi connectivity index (χ1) is 18.5. The van der Waals surface area contributed by atoms with Crippen LogP contribution in [-0.2, 0) is 23.1 Å². The molecule has 0 spiro atoms. The molecule has 1 aliphatic rings. The average molecular weight is 533 g/mol. The summed E-state index contributed by atoms with van der Waals surface area (Å²) in [5, 5.41) is 24.7. The lowest BCUT2D eigenvalue weighted by Crippen LogP contribution is -2.38. The van der Waals surface area contributed by atoms with Gasteiger partial charge >= 0.3 is 0 Å². The summed E-state index contributed by atoms with van der Waals surface area (Å²) in [6.45, 7) is 2.10. The number of benzene rings is 2. The summed E-state index contributed by atoms with van der Waals surface area (Å²) in [5.74, 6) is 0.448. The highest BCUT2D eigenvalue weighted by molar-refractivity contribution is 7.99. The van der Waals surface area contributed by atoms with Gasteiger partial charge in [0.05, 0.1) is 24.4 Å². The zero-order chi connectivity index (χ0) is 26.5. The van der Waals surface area contributed by atoms with E-state index in [1.54, 1.807) is 30.1 Å². The van der Waals surface area contributed by atoms with Crippen molar-refractivity contribution < 1.29 is 19.4 Å². The number of carbonyl (C=O) groups excluding carboxylic acids is 1. The summed E-state index contributed by atoms with van der Waals surface area (Å²) in [5.41, 5.74) is 3.83. The van der Waals surface area contributed by atoms with Crippen LogP contribution in [-0.4, -0.2) is 48.1 Å². The maximum atomic E-state index is 12.5. The molecule has 1 saturated heterocycles. The van der Waals surface area contributed by atoms with Crippen LogP contribution in [0.25, 0.3) is 0 Å². The predicted octanol–water partition coefficient (Wildman–Crippen LogP) is 3.93. The third-order valence-corrected chi connectivity index (χ3v) is 7.55. The number of aliphatic hydroxyl groups excluding tert-OH is 1. The molecule has 4 atom stereocenters. The fourth-order valence-electron chi connectivity index (χ4n) is 4.23. The van der Waals surface area contributed by atoms with Crippen LogP contribution < -0.4 is 5.32 Å². The zero-order valence-electron chi connectivity index (χ0n) is 21.0. The topological polar surface area (TPSA) is 124 Å². The van der Waals surface area contributed by atoms with E-state index in [0.717, 1.165) is 16.7 Å². The summed E-state index contributed by atoms with van der Waals surface area (Å²) in [7, 11) is 1.81. The van der Waals surface area contributed by atoms with Crippen LogP contribution in [0.4, 0.5) is 5.69 Å². The lowest BCUT2D eigenvalue weighted by atomic mass is 9.91. The van der Waals surface area contributed by atoms with Gasteiger partial charge in [-0.05, 0) is 45.8 Å². The third-order valence-electron chi connectivity index (χ3n) is 6.45. The normalized spacial score (nSPS) is 21.2. The Morgan fingerprint density at radius 3 is 2.50 bits per heavy atom. The Balaban J connectivity index is 1.34. The monoisotopic (exact) mass is 532 g/mol. The van der Waals surface area contributed by atoms with Crippen LogP contribution in [0, 0.1) is 5.92 Å². The molecule has 2 N–H and O–H groups in total. The number of nitrogens with one attached hydrogen (secondary N) is 1. The van der Waals surface area contributed by atoms with Gasteiger partial charge < -0.3 is 19.9 Å². The van der Waals surface area contributed by atoms with Gasteiger partial charge in [0.15, 0.2) is 6.29 Å². The number of thioether (sulfide) groups is 1. The summed E-state index contributed by atoms with van der Waals surface area (Å²) >= 11 is 1.53. The van der Waals surface area contributed by atoms with Gasteiger partial charge in [-0.15, -0.1) is 5.10 Å². The second-order valence-corrected chi connectivity index (χ2v) is 10.0. The van der Waals surface area contributed by atoms with Gasteiger partial charge in [0.1, 0.15) is 0 Å². The second kappa shape index (κ2) is 11.8. The van der Waals surface area contributed by atoms with Gasteiger partial charge in [0, 0.05) is 42.4 Å². The SMILES string of the molecule is C[C@H]1[C@@H](CSc2nnnn2C)O[C@@H](c2ccc(NC(=O)c3cccnc3)cc2)O[C@H]1c1ccc(CO)cc1. The minimum Gasteiger partial charge on any atom is -0.392 e. The molecule has 1 amide bonds. The van der Waals surface area contributed by atoms with E-state index in [1.165, 1.54) is 18.0 Å². The molecule has 0 saturated carbocycles. The van der Waals surface area contributed by atoms with Crippen molar-refractivity contribution in [1.82, 2.24) is 25.2 Å². The first-order valence-corrected chi connectivity index (χ1v) is 13.2. The highest BCUT2D eigenvalue weighted by atomic mass is 32.2. The number of hydrogen-bond acceptors (Lipinski definition) is 9. The first-order valence-electron chi connectivity index (χ1n) is 12.2. The Labute approximate surface area is 224 Å². The Hall–Kier alpha value is -3.64. The molecule has 0 unspecified atom stereocenters. The maximum absolute atomic E-state index is 12.5. The zero-order valence-corrected chi connectivity index (χ0v) is 21.8. The van der Waals surface area contributed by atoms with E-state index in [2.05, 4.69) is 32.7 Å². The van der Waals surface area contributed by atoms with Crippen LogP contribution >= 0.6 is 11.8 Å². The van der Waals surface area contributed by atoms with E-state index in [9.17, 15) is 9.90 Å². The van der Waals surface area contributed by atoms with Crippen LogP contribution in [0.1, 0.15) is 46.4 Å². The van der Waals surface area contributed by atoms with Gasteiger partial charge in [-0.3, -0.25) is 9.78 Å². The number of tetrazole rings is 1. The van der Waals surface area contributed by atoms with E-state index >= 15 is 0 Å². The molecule has 0 aliphatic carbocycles. The average Bonchev–Trinajstić information content (AvgIpc) is 3.38. The van der Waals surface area contributed by atoms with Crippen molar-refractivity contribution in [3.8, 4) is 0 Å². The van der Waals surface area contributed by atoms with Gasteiger partial charge in [-0.2, -0.15) is 0 Å². The highest BCUT2D eigenvalue weighted by Gasteiger charge is 2.38. The Bertz CT molecular complexity index is 1350. The van der Waals surface area contributed by atoms with E-state index in [4.69, 9.17) is 9.47 Å². The molecule has 1 fully saturated rings. The Morgan fingerprint density at radius 1 is 1.08 bits per heavy atom. The predicted molar refractivity (Wildman–Crippen MR) is 141 cm³/mol. The molecular formula is C27H28N6O4S. The van der Waals surface area contributed by atoms with Crippen molar-refractivity contribution in [1.29, 1.82) is 0 Å². The van der Waals surface area contributed by atoms with Crippen LogP contribution in [0.5, 0.6) is 0 Å². The summed E-state index contributed by atoms with van der Waals surface area (Å²) in [6.07, 6.45) is 2.16. The standard InChI is InChI=1S/C27H28N6O4S/c1-17-23(16-38-27-30-31-32-33(27)2)36-26(37-24(17)19-7-5-18(15-34)6-8-19)20-9-11-22(12-10-20)29-25(35)21-4-3-13-28-14-21/h3-14,17,23-24,26,34H,15-16H2,1-2H3,(H,29,35)/t17-,23+,24+,26+/m0/s1. The van der Waals surface area contributed by atoms with Crippen LogP contribution in [0.15, 0.2) is 78.2 Å². The number of pyridine rings is 1. The number of rotatable bonds is 8. The third kappa shape index (κ3) is 5.91. The summed E-state index contributed by atoms with van der Waals surface area (Å²) < 4.78 is 14.6. The van der Waals surface area contributed by atoms with Gasteiger partial charge in [-0.25, -0.2) is 4.68 Å². The number of hydrogen-bond donors (Lipinski definition) is 2. The molecule has 0 radical (unpaired) electrons. The number of nitrogens with zero attached hydrogens (tertiary/aromatic N) is 5. The summed E-state index contributed by atoms with van der Waals surface area (Å²) in [4.78, 5) is 16.5. The highest BCUT2D eigenvalue weighted by Crippen LogP contribution is 2.43. The number of amides is 1. The molecule has 38 heavy (non-hydrogen) atoms. The van der Waals surface area contributed by atoms with Crippen molar-refractivity contribution in [2.24, 2.45) is 13.0 Å². The number of aromatic nitrogens is 5. The Kier molecular flexibility index (Phi) is 8.08. The van der Waals surface area contributed by atoms with Crippen LogP contribution in [0.3, 0.4) is 0 Å². The molecule has 2 aromatic heterocycles. The van der Waals surface area contributed by atoms with Crippen molar-refractivity contribution in [3.05, 3.63) is 95.3 Å². The van der Waals surface area contributed by atoms with Gasteiger partial charge in [0.25, 0.3) is 5.91 Å². The lowest BCUT2D eigenvalue weighted by molar-refractivity contribution is -0.268. The van der Waals surface area contributed by atoms with E-state index < -0.39 is 6.29 Å². The molecular weight excluding hydrogens is 504 g/mol. The molecule has 3 heterocycles. The van der Waals surface area contributed by atoms with E-state index in [0.29, 0.717) is 22.2 Å². The smallest absolute Gasteiger partial charge is 0.257 e. The molecule has 4 aromatic rings. The molecule has 5 rings (SSSR count). The number of anilines is 1. The molecule has 196 valence electrons. The van der Waals surface area contributed by atoms with Crippen molar-refractivity contribution >= 4 is 23.4 Å². The minimum absolute atomic E-state index is 0.0121. The second-order valence-electron chi connectivity index (χ2n) is 9.04. The van der Waals surface area contributed by atoms with Crippen molar-refractivity contribution in [2.75, 3.05) is 11.1 Å². The number of aryl methyl sites for hydroxylation is 1. The van der Waals surface area contributed by atoms with E-state index in [-0.39, 0.29) is 30.6 Å². The van der Waals surface area contributed by atoms with Crippen molar-refractivity contribution in [3.63, 3.8) is 0 Å². The number of ether oxygens (including phenoxy) is 2. The summed E-state index contributed by atoms with van der Waals surface area (Å²) in [6, 6.07) is 18.7. The minimum atomic E-state index is -0.611. The van der Waals surface area contributed by atoms with Gasteiger partial charge in [-0.1, -0.05) is 55.1 Å². The van der Waals surface area contributed by atoms with Crippen LogP contribution in [0.2, 0.25) is 0 Å². The molecule has 0 bridgehead atoms. The largest absolute Gasteiger partial charge is 0.392 e. The van der Waals surface area contributed by atoms with Gasteiger partial charge in [0.2, 0.25) is 5.16 Å². The lowest BCUT2D eigenvalue weighted by Gasteiger charge is -2.41. The fourth-order valence-corrected chi connectivity index (χ4v) is 5.25. The molecule has 2 aromatic carbocycles. The van der Waals surface area contributed by atoms with E-state index in [1.807, 2.05) is 48.5 Å². The number of aliphatic hydroxyl groups is 1.